The van der Waals surface area contributed by atoms with E-state index in [-0.39, 0.29) is 36.6 Å². The Morgan fingerprint density at radius 3 is 1.87 bits per heavy atom. The van der Waals surface area contributed by atoms with E-state index in [1.165, 1.54) is 12.1 Å². The lowest BCUT2D eigenvalue weighted by Gasteiger charge is -2.22. The molecule has 4 atom stereocenters. The zero-order valence-electron chi connectivity index (χ0n) is 24.2. The number of nitrogens with two attached hydrogens (primary N) is 1. The summed E-state index contributed by atoms with van der Waals surface area (Å²) in [5.74, 6) is -1.27. The fraction of sp³-hybridized carbons (Fsp3) is 0.643. The second-order valence-electron chi connectivity index (χ2n) is 10.1. The number of benzene rings is 1. The van der Waals surface area contributed by atoms with Crippen molar-refractivity contribution in [1.82, 2.24) is 0 Å². The van der Waals surface area contributed by atoms with Gasteiger partial charge in [-0.15, -0.1) is 0 Å². The van der Waals surface area contributed by atoms with Crippen molar-refractivity contribution < 1.29 is 47.6 Å². The molecule has 0 amide bonds. The van der Waals surface area contributed by atoms with E-state index in [9.17, 15) is 19.2 Å². The molecule has 0 saturated heterocycles. The Hall–Kier alpha value is -3.34. The van der Waals surface area contributed by atoms with Gasteiger partial charge in [-0.05, 0) is 78.0 Å². The smallest absolute Gasteiger partial charge is 0.461 e. The lowest BCUT2D eigenvalue weighted by molar-refractivity contribution is -0.164. The van der Waals surface area contributed by atoms with Crippen LogP contribution in [0.2, 0.25) is 0 Å². The lowest BCUT2D eigenvalue weighted by atomic mass is 9.91. The Morgan fingerprint density at radius 1 is 0.821 bits per heavy atom. The Labute approximate surface area is 230 Å². The third-order valence-corrected chi connectivity index (χ3v) is 6.10. The highest BCUT2D eigenvalue weighted by atomic mass is 16.7. The van der Waals surface area contributed by atoms with Crippen LogP contribution in [0.3, 0.4) is 0 Å². The summed E-state index contributed by atoms with van der Waals surface area (Å²) in [4.78, 5) is 49.1. The SMILES string of the molecule is CCC(C)OC(=O)Oc1ccc(C[C@H](N)C(=O)O[C@@H](C)COC(=O)C(C)(C)CC)cc1OC(=O)OC(C)CC. The molecule has 1 rings (SSSR count). The third kappa shape index (κ3) is 11.9. The van der Waals surface area contributed by atoms with Gasteiger partial charge in [-0.1, -0.05) is 26.8 Å². The molecule has 0 fully saturated rings. The van der Waals surface area contributed by atoms with E-state index < -0.39 is 41.9 Å². The molecule has 11 nitrogen and oxygen atoms in total. The predicted octanol–water partition coefficient (Wildman–Crippen LogP) is 5.10. The topological polar surface area (TPSA) is 150 Å². The van der Waals surface area contributed by atoms with Crippen LogP contribution >= 0.6 is 0 Å². The van der Waals surface area contributed by atoms with E-state index in [0.717, 1.165) is 0 Å². The maximum Gasteiger partial charge on any atom is 0.514 e. The minimum absolute atomic E-state index is 0.0164. The standard InChI is InChI=1S/C28H43NO10/c1-9-17(4)36-26(32)38-22-13-12-20(15-23(22)39-27(33)37-18(5)10-2)14-21(29)24(30)35-19(6)16-34-25(31)28(7,8)11-3/h12-13,15,17-19,21H,9-11,14,16,29H2,1-8H3/t17?,18?,19-,21-/m0/s1. The fourth-order valence-electron chi connectivity index (χ4n) is 2.76. The zero-order chi connectivity index (χ0) is 29.8. The summed E-state index contributed by atoms with van der Waals surface area (Å²) in [5, 5.41) is 0. The first-order chi connectivity index (χ1) is 18.2. The zero-order valence-corrected chi connectivity index (χ0v) is 24.2. The summed E-state index contributed by atoms with van der Waals surface area (Å²) in [7, 11) is 0. The summed E-state index contributed by atoms with van der Waals surface area (Å²) >= 11 is 0. The fourth-order valence-corrected chi connectivity index (χ4v) is 2.76. The van der Waals surface area contributed by atoms with Crippen LogP contribution in [0.4, 0.5) is 9.59 Å². The minimum atomic E-state index is -1.07. The molecule has 2 N–H and O–H groups in total. The van der Waals surface area contributed by atoms with Crippen molar-refractivity contribution in [2.75, 3.05) is 6.61 Å². The maximum absolute atomic E-state index is 12.5. The van der Waals surface area contributed by atoms with Crippen molar-refractivity contribution >= 4 is 24.2 Å². The molecule has 0 heterocycles. The Morgan fingerprint density at radius 2 is 1.36 bits per heavy atom. The molecule has 0 saturated carbocycles. The average molecular weight is 554 g/mol. The second-order valence-corrected chi connectivity index (χ2v) is 10.1. The highest BCUT2D eigenvalue weighted by Crippen LogP contribution is 2.30. The first-order valence-electron chi connectivity index (χ1n) is 13.2. The van der Waals surface area contributed by atoms with Crippen LogP contribution in [0.15, 0.2) is 18.2 Å². The number of esters is 2. The molecule has 2 unspecified atom stereocenters. The molecule has 220 valence electrons. The van der Waals surface area contributed by atoms with Crippen LogP contribution in [0.1, 0.15) is 80.2 Å². The van der Waals surface area contributed by atoms with Crippen molar-refractivity contribution in [2.45, 2.75) is 105 Å². The van der Waals surface area contributed by atoms with Crippen molar-refractivity contribution in [2.24, 2.45) is 11.1 Å². The normalized spacial score (nSPS) is 14.3. The first kappa shape index (κ1) is 33.7. The van der Waals surface area contributed by atoms with Gasteiger partial charge >= 0.3 is 24.2 Å². The van der Waals surface area contributed by atoms with Gasteiger partial charge in [-0.3, -0.25) is 9.59 Å². The van der Waals surface area contributed by atoms with Crippen LogP contribution in [0.5, 0.6) is 11.5 Å². The quantitative estimate of drug-likeness (QED) is 0.186. The molecule has 1 aromatic carbocycles. The van der Waals surface area contributed by atoms with Crippen molar-refractivity contribution in [3.63, 3.8) is 0 Å². The predicted molar refractivity (Wildman–Crippen MR) is 142 cm³/mol. The van der Waals surface area contributed by atoms with E-state index in [1.54, 1.807) is 40.7 Å². The summed E-state index contributed by atoms with van der Waals surface area (Å²) in [6, 6.07) is 3.30. The van der Waals surface area contributed by atoms with Gasteiger partial charge in [0.2, 0.25) is 0 Å². The van der Waals surface area contributed by atoms with Crippen LogP contribution < -0.4 is 15.2 Å². The van der Waals surface area contributed by atoms with E-state index in [1.807, 2.05) is 20.8 Å². The molecular formula is C28H43NO10. The van der Waals surface area contributed by atoms with Gasteiger partial charge in [0.15, 0.2) is 11.5 Å². The van der Waals surface area contributed by atoms with Crippen molar-refractivity contribution in [1.29, 1.82) is 0 Å². The van der Waals surface area contributed by atoms with Gasteiger partial charge in [0.05, 0.1) is 5.41 Å². The number of ether oxygens (including phenoxy) is 6. The summed E-state index contributed by atoms with van der Waals surface area (Å²) in [6.07, 6.45) is -1.63. The highest BCUT2D eigenvalue weighted by molar-refractivity contribution is 5.77. The Balaban J connectivity index is 2.92. The number of rotatable bonds is 14. The van der Waals surface area contributed by atoms with Crippen LogP contribution in [-0.2, 0) is 35.0 Å². The van der Waals surface area contributed by atoms with Gasteiger partial charge in [0, 0.05) is 0 Å². The minimum Gasteiger partial charge on any atom is -0.461 e. The average Bonchev–Trinajstić information content (AvgIpc) is 2.88. The van der Waals surface area contributed by atoms with Gasteiger partial charge in [0.25, 0.3) is 0 Å². The van der Waals surface area contributed by atoms with E-state index >= 15 is 0 Å². The Bertz CT molecular complexity index is 977. The molecular weight excluding hydrogens is 510 g/mol. The van der Waals surface area contributed by atoms with Gasteiger partial charge in [-0.2, -0.15) is 0 Å². The molecule has 1 aromatic rings. The molecule has 11 heteroatoms. The van der Waals surface area contributed by atoms with Crippen LogP contribution in [0, 0.1) is 5.41 Å². The van der Waals surface area contributed by atoms with E-state index in [0.29, 0.717) is 24.8 Å². The molecule has 0 aromatic heterocycles. The highest BCUT2D eigenvalue weighted by Gasteiger charge is 2.28. The molecule has 0 spiro atoms. The number of carbonyl (C=O) groups excluding carboxylic acids is 4. The number of hydrogen-bond donors (Lipinski definition) is 1. The van der Waals surface area contributed by atoms with Gasteiger partial charge in [0.1, 0.15) is 31.0 Å². The molecule has 0 aliphatic heterocycles. The molecule has 0 bridgehead atoms. The largest absolute Gasteiger partial charge is 0.514 e. The summed E-state index contributed by atoms with van der Waals surface area (Å²) < 4.78 is 31.4. The van der Waals surface area contributed by atoms with Crippen LogP contribution in [0.25, 0.3) is 0 Å². The molecule has 0 aliphatic rings. The van der Waals surface area contributed by atoms with Gasteiger partial charge < -0.3 is 34.2 Å². The second kappa shape index (κ2) is 15.9. The monoisotopic (exact) mass is 553 g/mol. The molecule has 0 aliphatic carbocycles. The van der Waals surface area contributed by atoms with E-state index in [2.05, 4.69) is 0 Å². The van der Waals surface area contributed by atoms with Crippen molar-refractivity contribution in [3.05, 3.63) is 23.8 Å². The Kier molecular flexibility index (Phi) is 13.8. The number of carbonyl (C=O) groups is 4. The van der Waals surface area contributed by atoms with Gasteiger partial charge in [-0.25, -0.2) is 9.59 Å². The van der Waals surface area contributed by atoms with Crippen molar-refractivity contribution in [3.8, 4) is 11.5 Å². The molecule has 39 heavy (non-hydrogen) atoms. The van der Waals surface area contributed by atoms with E-state index in [4.69, 9.17) is 34.2 Å². The summed E-state index contributed by atoms with van der Waals surface area (Å²) in [5.41, 5.74) is 5.91. The third-order valence-electron chi connectivity index (χ3n) is 6.10. The number of hydrogen-bond acceptors (Lipinski definition) is 11. The maximum atomic E-state index is 12.5. The summed E-state index contributed by atoms with van der Waals surface area (Å²) in [6.45, 7) is 14.0. The molecule has 0 radical (unpaired) electrons. The van der Waals surface area contributed by atoms with Crippen LogP contribution in [-0.4, -0.2) is 55.2 Å². The lowest BCUT2D eigenvalue weighted by Crippen LogP contribution is -2.38. The first-order valence-corrected chi connectivity index (χ1v) is 13.2.